The number of alkyl halides is 1. The van der Waals surface area contributed by atoms with Gasteiger partial charge in [-0.2, -0.15) is 0 Å². The molecule has 0 aromatic heterocycles. The maximum Gasteiger partial charge on any atom is 0.0863 e. The van der Waals surface area contributed by atoms with Gasteiger partial charge >= 0.3 is 0 Å². The van der Waals surface area contributed by atoms with Gasteiger partial charge in [0, 0.05) is 0 Å². The van der Waals surface area contributed by atoms with E-state index in [1.807, 2.05) is 13.8 Å². The zero-order chi connectivity index (χ0) is 12.2. The molecule has 0 amide bonds. The summed E-state index contributed by atoms with van der Waals surface area (Å²) in [7, 11) is 0. The first-order valence-electron chi connectivity index (χ1n) is 7.04. The summed E-state index contributed by atoms with van der Waals surface area (Å²) < 4.78 is 0. The van der Waals surface area contributed by atoms with Crippen molar-refractivity contribution in [3.63, 3.8) is 0 Å². The quantitative estimate of drug-likeness (QED) is 0.698. The highest BCUT2D eigenvalue weighted by atomic mass is 35.5. The molecular weight excluding hydrogens is 232 g/mol. The predicted molar refractivity (Wildman–Crippen MR) is 77.7 cm³/mol. The SMILES string of the molecule is C.CC.CCC(O)(C1CCCCC1)C1(Cl)CC1. The van der Waals surface area contributed by atoms with E-state index in [-0.39, 0.29) is 12.3 Å². The molecule has 0 bridgehead atoms. The first-order chi connectivity index (χ1) is 7.62. The van der Waals surface area contributed by atoms with Gasteiger partial charge in [-0.25, -0.2) is 0 Å². The summed E-state index contributed by atoms with van der Waals surface area (Å²) in [5.41, 5.74) is -0.574. The normalized spacial score (nSPS) is 25.9. The van der Waals surface area contributed by atoms with E-state index in [0.29, 0.717) is 5.92 Å². The van der Waals surface area contributed by atoms with Crippen LogP contribution in [0.5, 0.6) is 0 Å². The Morgan fingerprint density at radius 3 is 2.00 bits per heavy atom. The lowest BCUT2D eigenvalue weighted by Gasteiger charge is -2.41. The molecule has 2 rings (SSSR count). The molecule has 0 aliphatic heterocycles. The van der Waals surface area contributed by atoms with Gasteiger partial charge in [-0.1, -0.05) is 47.5 Å². The highest BCUT2D eigenvalue weighted by Gasteiger charge is 2.59. The van der Waals surface area contributed by atoms with Gasteiger partial charge in [-0.15, -0.1) is 11.6 Å². The Bertz CT molecular complexity index is 207. The molecule has 1 atom stereocenters. The summed E-state index contributed by atoms with van der Waals surface area (Å²) in [5, 5.41) is 10.7. The Balaban J connectivity index is 0.000000811. The molecule has 1 nitrogen and oxygen atoms in total. The molecule has 0 heterocycles. The molecule has 2 saturated carbocycles. The molecule has 0 aromatic carbocycles. The number of halogens is 1. The molecule has 2 heteroatoms. The molecule has 0 radical (unpaired) electrons. The summed E-state index contributed by atoms with van der Waals surface area (Å²) in [5.74, 6) is 0.459. The average Bonchev–Trinajstić information content (AvgIpc) is 3.11. The molecule has 0 aromatic rings. The summed E-state index contributed by atoms with van der Waals surface area (Å²) >= 11 is 6.43. The van der Waals surface area contributed by atoms with Crippen LogP contribution in [-0.2, 0) is 0 Å². The van der Waals surface area contributed by atoms with Crippen LogP contribution in [-0.4, -0.2) is 15.6 Å². The van der Waals surface area contributed by atoms with E-state index in [0.717, 1.165) is 19.3 Å². The molecule has 1 unspecified atom stereocenters. The van der Waals surface area contributed by atoms with Gasteiger partial charge in [-0.05, 0) is 38.0 Å². The minimum absolute atomic E-state index is 0. The van der Waals surface area contributed by atoms with Gasteiger partial charge in [0.15, 0.2) is 0 Å². The minimum Gasteiger partial charge on any atom is -0.388 e. The molecule has 2 aliphatic rings. The molecule has 0 spiro atoms. The smallest absolute Gasteiger partial charge is 0.0863 e. The van der Waals surface area contributed by atoms with Crippen LogP contribution < -0.4 is 0 Å². The highest BCUT2D eigenvalue weighted by molar-refractivity contribution is 6.26. The Kier molecular flexibility index (Phi) is 7.09. The van der Waals surface area contributed by atoms with Crippen LogP contribution in [0.2, 0.25) is 0 Å². The van der Waals surface area contributed by atoms with Crippen molar-refractivity contribution in [2.24, 2.45) is 5.92 Å². The lowest BCUT2D eigenvalue weighted by Crippen LogP contribution is -2.48. The fourth-order valence-corrected chi connectivity index (χ4v) is 3.48. The summed E-state index contributed by atoms with van der Waals surface area (Å²) in [6.45, 7) is 6.08. The third-order valence-electron chi connectivity index (χ3n) is 4.28. The summed E-state index contributed by atoms with van der Waals surface area (Å²) in [6.07, 6.45) is 9.09. The largest absolute Gasteiger partial charge is 0.388 e. The van der Waals surface area contributed by atoms with Crippen molar-refractivity contribution in [2.45, 2.75) is 90.0 Å². The molecule has 104 valence electrons. The van der Waals surface area contributed by atoms with E-state index in [4.69, 9.17) is 11.6 Å². The van der Waals surface area contributed by atoms with Crippen LogP contribution in [0, 0.1) is 5.92 Å². The molecular formula is C15H31ClO. The second-order valence-corrected chi connectivity index (χ2v) is 5.80. The van der Waals surface area contributed by atoms with Crippen molar-refractivity contribution in [1.29, 1.82) is 0 Å². The first-order valence-corrected chi connectivity index (χ1v) is 7.41. The minimum atomic E-state index is -0.574. The molecule has 2 aliphatic carbocycles. The van der Waals surface area contributed by atoms with Crippen LogP contribution in [0.15, 0.2) is 0 Å². The number of aliphatic hydroxyl groups is 1. The second kappa shape index (κ2) is 6.99. The number of rotatable bonds is 3. The van der Waals surface area contributed by atoms with E-state index >= 15 is 0 Å². The summed E-state index contributed by atoms with van der Waals surface area (Å²) in [4.78, 5) is -0.260. The van der Waals surface area contributed by atoms with E-state index in [1.165, 1.54) is 32.1 Å². The van der Waals surface area contributed by atoms with Crippen LogP contribution >= 0.6 is 11.6 Å². The van der Waals surface area contributed by atoms with Crippen LogP contribution in [0.3, 0.4) is 0 Å². The molecule has 2 fully saturated rings. The highest BCUT2D eigenvalue weighted by Crippen LogP contribution is 2.57. The zero-order valence-corrected chi connectivity index (χ0v) is 11.8. The van der Waals surface area contributed by atoms with Gasteiger partial charge in [0.1, 0.15) is 0 Å². The van der Waals surface area contributed by atoms with Gasteiger partial charge in [0.2, 0.25) is 0 Å². The van der Waals surface area contributed by atoms with Gasteiger partial charge in [-0.3, -0.25) is 0 Å². The van der Waals surface area contributed by atoms with Crippen molar-refractivity contribution in [3.8, 4) is 0 Å². The number of hydrogen-bond acceptors (Lipinski definition) is 1. The third-order valence-corrected chi connectivity index (χ3v) is 4.99. The van der Waals surface area contributed by atoms with E-state index < -0.39 is 5.60 Å². The van der Waals surface area contributed by atoms with Gasteiger partial charge < -0.3 is 5.11 Å². The van der Waals surface area contributed by atoms with Crippen molar-refractivity contribution < 1.29 is 5.11 Å². The van der Waals surface area contributed by atoms with E-state index in [9.17, 15) is 5.11 Å². The van der Waals surface area contributed by atoms with E-state index in [1.54, 1.807) is 0 Å². The lowest BCUT2D eigenvalue weighted by atomic mass is 9.72. The standard InChI is InChI=1S/C12H21ClO.C2H6.CH4/c1-2-12(14,11(13)8-9-11)10-6-4-3-5-7-10;1-2;/h10,14H,2-9H2,1H3;1-2H3;1H4. The van der Waals surface area contributed by atoms with Crippen LogP contribution in [0.25, 0.3) is 0 Å². The van der Waals surface area contributed by atoms with Crippen molar-refractivity contribution in [3.05, 3.63) is 0 Å². The maximum absolute atomic E-state index is 10.7. The molecule has 1 N–H and O–H groups in total. The Labute approximate surface area is 113 Å². The second-order valence-electron chi connectivity index (χ2n) is 5.08. The molecule has 17 heavy (non-hydrogen) atoms. The van der Waals surface area contributed by atoms with Crippen molar-refractivity contribution in [2.75, 3.05) is 0 Å². The fourth-order valence-electron chi connectivity index (χ4n) is 3.09. The molecule has 0 saturated heterocycles. The van der Waals surface area contributed by atoms with Crippen LogP contribution in [0.1, 0.15) is 79.6 Å². The lowest BCUT2D eigenvalue weighted by molar-refractivity contribution is -0.0464. The Hall–Kier alpha value is 0.250. The van der Waals surface area contributed by atoms with Crippen molar-refractivity contribution in [1.82, 2.24) is 0 Å². The monoisotopic (exact) mass is 262 g/mol. The Morgan fingerprint density at radius 1 is 1.18 bits per heavy atom. The van der Waals surface area contributed by atoms with E-state index in [2.05, 4.69) is 6.92 Å². The Morgan fingerprint density at radius 2 is 1.65 bits per heavy atom. The van der Waals surface area contributed by atoms with Crippen molar-refractivity contribution >= 4 is 11.6 Å². The van der Waals surface area contributed by atoms with Crippen LogP contribution in [0.4, 0.5) is 0 Å². The topological polar surface area (TPSA) is 20.2 Å². The summed E-state index contributed by atoms with van der Waals surface area (Å²) in [6, 6.07) is 0. The van der Waals surface area contributed by atoms with Gasteiger partial charge in [0.05, 0.1) is 10.5 Å². The fraction of sp³-hybridized carbons (Fsp3) is 1.00. The third kappa shape index (κ3) is 3.38. The zero-order valence-electron chi connectivity index (χ0n) is 11.1. The van der Waals surface area contributed by atoms with Gasteiger partial charge in [0.25, 0.3) is 0 Å². The number of hydrogen-bond donors (Lipinski definition) is 1. The maximum atomic E-state index is 10.7. The first kappa shape index (κ1) is 17.2. The predicted octanol–water partition coefficient (Wildman–Crippen LogP) is 5.14. The average molecular weight is 263 g/mol.